The predicted octanol–water partition coefficient (Wildman–Crippen LogP) is 2.00. The maximum absolute atomic E-state index is 11.8. The van der Waals surface area contributed by atoms with Crippen molar-refractivity contribution in [1.29, 1.82) is 0 Å². The molecule has 1 amide bonds. The number of amides is 1. The lowest BCUT2D eigenvalue weighted by Gasteiger charge is -2.17. The van der Waals surface area contributed by atoms with Crippen molar-refractivity contribution in [1.82, 2.24) is 5.32 Å². The normalized spacial score (nSPS) is 21.4. The molecule has 0 aromatic heterocycles. The molecule has 1 saturated carbocycles. The zero-order chi connectivity index (χ0) is 14.5. The Morgan fingerprint density at radius 1 is 1.40 bits per heavy atom. The molecule has 3 N–H and O–H groups in total. The first-order valence-electron chi connectivity index (χ1n) is 6.88. The van der Waals surface area contributed by atoms with Crippen LogP contribution in [0, 0.1) is 5.92 Å². The zero-order valence-electron chi connectivity index (χ0n) is 11.6. The van der Waals surface area contributed by atoms with Crippen LogP contribution in [-0.4, -0.2) is 23.5 Å². The van der Waals surface area contributed by atoms with Crippen molar-refractivity contribution in [3.63, 3.8) is 0 Å². The summed E-state index contributed by atoms with van der Waals surface area (Å²) in [5, 5.41) is 3.02. The van der Waals surface area contributed by atoms with Gasteiger partial charge in [0.1, 0.15) is 10.7 Å². The lowest BCUT2D eigenvalue weighted by atomic mass is 10.1. The van der Waals surface area contributed by atoms with E-state index in [2.05, 4.69) is 12.2 Å². The van der Waals surface area contributed by atoms with E-state index in [0.29, 0.717) is 22.7 Å². The SMILES string of the molecule is CC1CCCC1NC(=O)COc1ccc(C(N)=S)cc1. The largest absolute Gasteiger partial charge is 0.484 e. The Morgan fingerprint density at radius 3 is 2.65 bits per heavy atom. The van der Waals surface area contributed by atoms with Crippen molar-refractivity contribution in [2.75, 3.05) is 6.61 Å². The maximum atomic E-state index is 11.8. The van der Waals surface area contributed by atoms with Crippen LogP contribution in [0.2, 0.25) is 0 Å². The van der Waals surface area contributed by atoms with Crippen LogP contribution in [0.3, 0.4) is 0 Å². The summed E-state index contributed by atoms with van der Waals surface area (Å²) in [5.74, 6) is 1.13. The van der Waals surface area contributed by atoms with Gasteiger partial charge in [-0.25, -0.2) is 0 Å². The average Bonchev–Trinajstić information content (AvgIpc) is 2.82. The summed E-state index contributed by atoms with van der Waals surface area (Å²) in [5.41, 5.74) is 6.31. The fourth-order valence-corrected chi connectivity index (χ4v) is 2.61. The number of thiocarbonyl (C=S) groups is 1. The summed E-state index contributed by atoms with van der Waals surface area (Å²) < 4.78 is 5.45. The second-order valence-electron chi connectivity index (χ2n) is 5.26. The predicted molar refractivity (Wildman–Crippen MR) is 82.8 cm³/mol. The zero-order valence-corrected chi connectivity index (χ0v) is 12.4. The van der Waals surface area contributed by atoms with E-state index >= 15 is 0 Å². The van der Waals surface area contributed by atoms with Crippen molar-refractivity contribution in [3.8, 4) is 5.75 Å². The molecule has 0 saturated heterocycles. The summed E-state index contributed by atoms with van der Waals surface area (Å²) >= 11 is 4.88. The Kier molecular flexibility index (Phi) is 4.95. The summed E-state index contributed by atoms with van der Waals surface area (Å²) in [6.45, 7) is 2.21. The van der Waals surface area contributed by atoms with Gasteiger partial charge in [0.25, 0.3) is 5.91 Å². The number of nitrogens with two attached hydrogens (primary N) is 1. The standard InChI is InChI=1S/C15H20N2O2S/c1-10-3-2-4-13(10)17-14(18)9-19-12-7-5-11(6-8-12)15(16)20/h5-8,10,13H,2-4,9H2,1H3,(H2,16,20)(H,17,18). The molecule has 108 valence electrons. The van der Waals surface area contributed by atoms with Crippen LogP contribution in [-0.2, 0) is 4.79 Å². The van der Waals surface area contributed by atoms with Crippen molar-refractivity contribution in [2.24, 2.45) is 11.7 Å². The summed E-state index contributed by atoms with van der Waals surface area (Å²) in [6, 6.07) is 7.39. The topological polar surface area (TPSA) is 64.3 Å². The monoisotopic (exact) mass is 292 g/mol. The maximum Gasteiger partial charge on any atom is 0.258 e. The molecule has 0 radical (unpaired) electrons. The van der Waals surface area contributed by atoms with Gasteiger partial charge >= 0.3 is 0 Å². The second kappa shape index (κ2) is 6.70. The first kappa shape index (κ1) is 14.8. The van der Waals surface area contributed by atoms with E-state index in [1.165, 1.54) is 12.8 Å². The molecule has 4 nitrogen and oxygen atoms in total. The van der Waals surface area contributed by atoms with Gasteiger partial charge in [-0.2, -0.15) is 0 Å². The van der Waals surface area contributed by atoms with Crippen LogP contribution in [0.4, 0.5) is 0 Å². The van der Waals surface area contributed by atoms with Crippen LogP contribution < -0.4 is 15.8 Å². The van der Waals surface area contributed by atoms with Crippen LogP contribution >= 0.6 is 12.2 Å². The summed E-state index contributed by atoms with van der Waals surface area (Å²) in [7, 11) is 0. The molecule has 2 atom stereocenters. The van der Waals surface area contributed by atoms with Crippen LogP contribution in [0.25, 0.3) is 0 Å². The highest BCUT2D eigenvalue weighted by molar-refractivity contribution is 7.80. The van der Waals surface area contributed by atoms with Gasteiger partial charge in [0.2, 0.25) is 0 Å². The lowest BCUT2D eigenvalue weighted by molar-refractivity contribution is -0.124. The fraction of sp³-hybridized carbons (Fsp3) is 0.467. The van der Waals surface area contributed by atoms with E-state index in [4.69, 9.17) is 22.7 Å². The Labute approximate surface area is 124 Å². The quantitative estimate of drug-likeness (QED) is 0.815. The molecule has 1 fully saturated rings. The van der Waals surface area contributed by atoms with Gasteiger partial charge < -0.3 is 15.8 Å². The number of carbonyl (C=O) groups is 1. The molecule has 5 heteroatoms. The van der Waals surface area contributed by atoms with E-state index in [0.717, 1.165) is 12.0 Å². The van der Waals surface area contributed by atoms with E-state index in [9.17, 15) is 4.79 Å². The number of benzene rings is 1. The molecule has 20 heavy (non-hydrogen) atoms. The van der Waals surface area contributed by atoms with Crippen LogP contribution in [0.15, 0.2) is 24.3 Å². The molecule has 0 bridgehead atoms. The van der Waals surface area contributed by atoms with E-state index in [1.807, 2.05) is 0 Å². The number of rotatable bonds is 5. The summed E-state index contributed by atoms with van der Waals surface area (Å²) in [4.78, 5) is 12.2. The van der Waals surface area contributed by atoms with Crippen molar-refractivity contribution in [2.45, 2.75) is 32.2 Å². The lowest BCUT2D eigenvalue weighted by Crippen LogP contribution is -2.39. The number of nitrogens with one attached hydrogen (secondary N) is 1. The Morgan fingerprint density at radius 2 is 2.10 bits per heavy atom. The van der Waals surface area contributed by atoms with Gasteiger partial charge in [-0.1, -0.05) is 25.6 Å². The number of carbonyl (C=O) groups excluding carboxylic acids is 1. The fourth-order valence-electron chi connectivity index (χ4n) is 2.47. The Balaban J connectivity index is 1.79. The van der Waals surface area contributed by atoms with Crippen LogP contribution in [0.1, 0.15) is 31.7 Å². The molecule has 0 heterocycles. The minimum Gasteiger partial charge on any atom is -0.484 e. The first-order chi connectivity index (χ1) is 9.56. The average molecular weight is 292 g/mol. The first-order valence-corrected chi connectivity index (χ1v) is 7.29. The molecule has 2 rings (SSSR count). The third-order valence-electron chi connectivity index (χ3n) is 3.72. The number of ether oxygens (including phenoxy) is 1. The van der Waals surface area contributed by atoms with Gasteiger partial charge in [-0.15, -0.1) is 0 Å². The van der Waals surface area contributed by atoms with Crippen molar-refractivity contribution in [3.05, 3.63) is 29.8 Å². The highest BCUT2D eigenvalue weighted by Gasteiger charge is 2.24. The number of hydrogen-bond acceptors (Lipinski definition) is 3. The third-order valence-corrected chi connectivity index (χ3v) is 3.95. The molecular formula is C15H20N2O2S. The number of hydrogen-bond donors (Lipinski definition) is 2. The molecule has 1 aromatic rings. The molecule has 1 aliphatic carbocycles. The van der Waals surface area contributed by atoms with Gasteiger partial charge in [-0.05, 0) is 43.0 Å². The smallest absolute Gasteiger partial charge is 0.258 e. The van der Waals surface area contributed by atoms with Crippen LogP contribution in [0.5, 0.6) is 5.75 Å². The van der Waals surface area contributed by atoms with Crippen molar-refractivity contribution < 1.29 is 9.53 Å². The Hall–Kier alpha value is -1.62. The molecular weight excluding hydrogens is 272 g/mol. The highest BCUT2D eigenvalue weighted by atomic mass is 32.1. The van der Waals surface area contributed by atoms with Gasteiger partial charge in [0.05, 0.1) is 0 Å². The van der Waals surface area contributed by atoms with Gasteiger partial charge in [0, 0.05) is 11.6 Å². The van der Waals surface area contributed by atoms with Gasteiger partial charge in [0.15, 0.2) is 6.61 Å². The second-order valence-corrected chi connectivity index (χ2v) is 5.70. The van der Waals surface area contributed by atoms with Crippen molar-refractivity contribution >= 4 is 23.1 Å². The molecule has 1 aliphatic rings. The third kappa shape index (κ3) is 3.93. The highest BCUT2D eigenvalue weighted by Crippen LogP contribution is 2.24. The van der Waals surface area contributed by atoms with E-state index < -0.39 is 0 Å². The van der Waals surface area contributed by atoms with Gasteiger partial charge in [-0.3, -0.25) is 4.79 Å². The molecule has 2 unspecified atom stereocenters. The molecule has 1 aromatic carbocycles. The Bertz CT molecular complexity index is 487. The van der Waals surface area contributed by atoms with E-state index in [1.54, 1.807) is 24.3 Å². The molecule has 0 spiro atoms. The minimum absolute atomic E-state index is 0.0373. The minimum atomic E-state index is -0.0674. The van der Waals surface area contributed by atoms with E-state index in [-0.39, 0.29) is 12.5 Å². The molecule has 0 aliphatic heterocycles. The summed E-state index contributed by atoms with van der Waals surface area (Å²) in [6.07, 6.45) is 3.44.